The number of oxime groups is 1. The minimum Gasteiger partial charge on any atom is -0.506 e. The second-order valence-corrected chi connectivity index (χ2v) is 10.8. The van der Waals surface area contributed by atoms with Crippen LogP contribution < -0.4 is 5.73 Å². The van der Waals surface area contributed by atoms with Crippen LogP contribution in [0.25, 0.3) is 0 Å². The number of likely N-dealkylation sites (tertiary alicyclic amines) is 1. The molecule has 0 radical (unpaired) electrons. The molecular weight excluding hydrogens is 534 g/mol. The summed E-state index contributed by atoms with van der Waals surface area (Å²) in [4.78, 5) is 33.3. The van der Waals surface area contributed by atoms with Crippen molar-refractivity contribution in [2.45, 2.75) is 69.8 Å². The number of carbonyl (C=O) groups excluding carboxylic acids is 2. The molecule has 0 aromatic heterocycles. The fourth-order valence-corrected chi connectivity index (χ4v) is 5.17. The number of cyclic esters (lactones) is 1. The number of aromatic hydroxyl groups is 1. The van der Waals surface area contributed by atoms with Gasteiger partial charge in [0.2, 0.25) is 0 Å². The molecule has 1 aromatic carbocycles. The van der Waals surface area contributed by atoms with Gasteiger partial charge in [-0.1, -0.05) is 35.0 Å². The van der Waals surface area contributed by atoms with Crippen LogP contribution in [0.2, 0.25) is 5.02 Å². The van der Waals surface area contributed by atoms with Gasteiger partial charge in [-0.05, 0) is 87.1 Å². The van der Waals surface area contributed by atoms with Crippen LogP contribution >= 0.6 is 11.6 Å². The third-order valence-corrected chi connectivity index (χ3v) is 7.68. The molecular formula is C30H40ClN3O6. The number of hydrogen-bond acceptors (Lipinski definition) is 8. The summed E-state index contributed by atoms with van der Waals surface area (Å²) in [5, 5.41) is 15.0. The summed E-state index contributed by atoms with van der Waals surface area (Å²) >= 11 is 6.59. The van der Waals surface area contributed by atoms with Crippen LogP contribution in [-0.4, -0.2) is 73.2 Å². The highest BCUT2D eigenvalue weighted by Crippen LogP contribution is 2.46. The molecule has 10 heteroatoms. The van der Waals surface area contributed by atoms with E-state index in [0.717, 1.165) is 57.2 Å². The van der Waals surface area contributed by atoms with Crippen molar-refractivity contribution in [3.8, 4) is 5.75 Å². The van der Waals surface area contributed by atoms with Crippen molar-refractivity contribution in [1.29, 1.82) is 0 Å². The molecule has 1 aromatic rings. The van der Waals surface area contributed by atoms with Gasteiger partial charge >= 0.3 is 5.97 Å². The molecule has 1 atom stereocenters. The van der Waals surface area contributed by atoms with E-state index in [4.69, 9.17) is 31.6 Å². The van der Waals surface area contributed by atoms with Gasteiger partial charge in [0, 0.05) is 26.1 Å². The van der Waals surface area contributed by atoms with Gasteiger partial charge in [-0.15, -0.1) is 0 Å². The highest BCUT2D eigenvalue weighted by Gasteiger charge is 2.33. The first-order valence-electron chi connectivity index (χ1n) is 14.3. The summed E-state index contributed by atoms with van der Waals surface area (Å²) in [6, 6.07) is 1.58. The maximum absolute atomic E-state index is 13.4. The molecule has 2 fully saturated rings. The quantitative estimate of drug-likeness (QED) is 0.201. The van der Waals surface area contributed by atoms with Gasteiger partial charge in [0.25, 0.3) is 5.91 Å². The van der Waals surface area contributed by atoms with Crippen LogP contribution in [0.1, 0.15) is 78.8 Å². The Hall–Kier alpha value is -2.88. The molecule has 2 heterocycles. The molecule has 4 rings (SSSR count). The number of esters is 1. The molecule has 0 spiro atoms. The summed E-state index contributed by atoms with van der Waals surface area (Å²) in [5.41, 5.74) is 7.62. The first-order valence-corrected chi connectivity index (χ1v) is 14.7. The predicted octanol–water partition coefficient (Wildman–Crippen LogP) is 4.65. The van der Waals surface area contributed by atoms with Crippen molar-refractivity contribution in [2.75, 3.05) is 39.5 Å². The number of halogens is 1. The van der Waals surface area contributed by atoms with Crippen molar-refractivity contribution in [2.24, 2.45) is 10.9 Å². The Kier molecular flexibility index (Phi) is 11.4. The summed E-state index contributed by atoms with van der Waals surface area (Å²) in [7, 11) is 0. The monoisotopic (exact) mass is 573 g/mol. The van der Waals surface area contributed by atoms with Crippen LogP contribution in [0.3, 0.4) is 0 Å². The van der Waals surface area contributed by atoms with E-state index in [1.54, 1.807) is 17.0 Å². The number of phenols is 1. The number of ether oxygens (including phenoxy) is 2. The van der Waals surface area contributed by atoms with Crippen LogP contribution in [0.4, 0.5) is 0 Å². The number of rotatable bonds is 8. The van der Waals surface area contributed by atoms with Crippen molar-refractivity contribution in [3.05, 3.63) is 52.1 Å². The topological polar surface area (TPSA) is 124 Å². The highest BCUT2D eigenvalue weighted by molar-refractivity contribution is 6.33. The van der Waals surface area contributed by atoms with E-state index in [0.29, 0.717) is 42.8 Å². The Morgan fingerprint density at radius 1 is 1.23 bits per heavy atom. The standard InChI is InChI=1S/C30H40ClN3O6/c31-29-25-18-22(33-40-20-27(36)34-14-3-1-4-15-34)8-6-10-23(38-17-7-13-32)9-2-5-16-39-30(37)28(25)24(19-26(29)35)21-11-12-21/h2,6,8-9,19,21,23,35H,1,3-5,7,10-18,20,32H2/b8-6+,9-2+,33-22-. The first-order chi connectivity index (χ1) is 19.5. The zero-order valence-electron chi connectivity index (χ0n) is 23.0. The lowest BCUT2D eigenvalue weighted by Crippen LogP contribution is -2.37. The molecule has 2 aliphatic heterocycles. The van der Waals surface area contributed by atoms with Gasteiger partial charge in [0.1, 0.15) is 5.75 Å². The van der Waals surface area contributed by atoms with E-state index in [1.807, 2.05) is 18.2 Å². The molecule has 3 aliphatic rings. The average Bonchev–Trinajstić information content (AvgIpc) is 3.80. The van der Waals surface area contributed by atoms with E-state index in [1.165, 1.54) is 0 Å². The number of piperidine rings is 1. The van der Waals surface area contributed by atoms with Gasteiger partial charge in [-0.3, -0.25) is 4.79 Å². The lowest BCUT2D eigenvalue weighted by Gasteiger charge is -2.26. The van der Waals surface area contributed by atoms with E-state index in [9.17, 15) is 14.7 Å². The van der Waals surface area contributed by atoms with Crippen LogP contribution in [0, 0.1) is 0 Å². The molecule has 0 bridgehead atoms. The average molecular weight is 574 g/mol. The van der Waals surface area contributed by atoms with Crippen molar-refractivity contribution in [3.63, 3.8) is 0 Å². The molecule has 1 amide bonds. The summed E-state index contributed by atoms with van der Waals surface area (Å²) in [5.74, 6) is -0.506. The lowest BCUT2D eigenvalue weighted by atomic mass is 9.93. The number of amides is 1. The summed E-state index contributed by atoms with van der Waals surface area (Å²) < 4.78 is 11.6. The molecule has 218 valence electrons. The number of fused-ring (bicyclic) bond motifs is 1. The van der Waals surface area contributed by atoms with E-state index >= 15 is 0 Å². The van der Waals surface area contributed by atoms with E-state index in [2.05, 4.69) is 5.16 Å². The Labute approximate surface area is 241 Å². The molecule has 9 nitrogen and oxygen atoms in total. The van der Waals surface area contributed by atoms with Crippen molar-refractivity contribution >= 4 is 29.2 Å². The number of hydrogen-bond donors (Lipinski definition) is 2. The summed E-state index contributed by atoms with van der Waals surface area (Å²) in [6.07, 6.45) is 14.4. The minimum atomic E-state index is -0.482. The fraction of sp³-hybridized carbons (Fsp3) is 0.567. The highest BCUT2D eigenvalue weighted by atomic mass is 35.5. The third kappa shape index (κ3) is 8.56. The Bertz CT molecular complexity index is 1120. The smallest absolute Gasteiger partial charge is 0.338 e. The number of carbonyl (C=O) groups is 2. The SMILES string of the molecule is NCCCOC1/C=C/CCOC(=O)c2c(C3CC3)cc(O)c(Cl)c2CC(=N\OCC(=O)N2CCCCC2)/C=C/C1. The molecule has 1 saturated carbocycles. The first kappa shape index (κ1) is 30.1. The largest absolute Gasteiger partial charge is 0.506 e. The van der Waals surface area contributed by atoms with Crippen molar-refractivity contribution < 1.29 is 29.0 Å². The Balaban J connectivity index is 1.62. The minimum absolute atomic E-state index is 0.0804. The molecule has 1 aliphatic carbocycles. The fourth-order valence-electron chi connectivity index (χ4n) is 4.95. The second-order valence-electron chi connectivity index (χ2n) is 10.4. The zero-order chi connectivity index (χ0) is 28.3. The maximum atomic E-state index is 13.4. The van der Waals surface area contributed by atoms with E-state index < -0.39 is 5.97 Å². The number of phenolic OH excluding ortho intramolecular Hbond substituents is 1. The van der Waals surface area contributed by atoms with Crippen LogP contribution in [0.15, 0.2) is 35.5 Å². The molecule has 40 heavy (non-hydrogen) atoms. The van der Waals surface area contributed by atoms with Gasteiger partial charge < -0.3 is 30.1 Å². The Morgan fingerprint density at radius 2 is 2.02 bits per heavy atom. The maximum Gasteiger partial charge on any atom is 0.338 e. The van der Waals surface area contributed by atoms with Crippen LogP contribution in [-0.2, 0) is 25.5 Å². The number of nitrogens with two attached hydrogens (primary N) is 1. The molecule has 1 unspecified atom stereocenters. The molecule has 3 N–H and O–H groups in total. The van der Waals surface area contributed by atoms with Gasteiger partial charge in [0.15, 0.2) is 6.61 Å². The second kappa shape index (κ2) is 15.2. The Morgan fingerprint density at radius 3 is 2.77 bits per heavy atom. The number of allylic oxidation sites excluding steroid dienone is 1. The lowest BCUT2D eigenvalue weighted by molar-refractivity contribution is -0.137. The van der Waals surface area contributed by atoms with E-state index in [-0.39, 0.29) is 48.3 Å². The number of nitrogens with zero attached hydrogens (tertiary/aromatic N) is 2. The van der Waals surface area contributed by atoms with Crippen molar-refractivity contribution in [1.82, 2.24) is 4.90 Å². The zero-order valence-corrected chi connectivity index (χ0v) is 23.7. The summed E-state index contributed by atoms with van der Waals surface area (Å²) in [6.45, 7) is 2.55. The van der Waals surface area contributed by atoms with Crippen LogP contribution in [0.5, 0.6) is 5.75 Å². The number of benzene rings is 1. The third-order valence-electron chi connectivity index (χ3n) is 7.26. The van der Waals surface area contributed by atoms with Gasteiger partial charge in [-0.2, -0.15) is 0 Å². The van der Waals surface area contributed by atoms with Gasteiger partial charge in [-0.25, -0.2) is 4.79 Å². The predicted molar refractivity (Wildman–Crippen MR) is 154 cm³/mol. The van der Waals surface area contributed by atoms with Gasteiger partial charge in [0.05, 0.1) is 29.0 Å². The normalized spacial score (nSPS) is 23.1. The molecule has 1 saturated heterocycles.